The van der Waals surface area contributed by atoms with Crippen LogP contribution in [-0.4, -0.2) is 6.29 Å². The maximum absolute atomic E-state index is 10.9. The Morgan fingerprint density at radius 1 is 0.857 bits per heavy atom. The Kier molecular flexibility index (Phi) is 4.42. The molecular weight excluding hydrogens is 256 g/mol. The molecule has 108 valence electrons. The number of carbonyl (C=O) groups excluding carboxylic acids is 1. The first-order valence-electron chi connectivity index (χ1n) is 7.26. The van der Waals surface area contributed by atoms with E-state index in [1.807, 2.05) is 19.9 Å². The van der Waals surface area contributed by atoms with Gasteiger partial charge < -0.3 is 0 Å². The van der Waals surface area contributed by atoms with Gasteiger partial charge in [0.1, 0.15) is 6.29 Å². The van der Waals surface area contributed by atoms with E-state index in [0.29, 0.717) is 0 Å². The van der Waals surface area contributed by atoms with Gasteiger partial charge in [-0.1, -0.05) is 68.4 Å². The third-order valence-electron chi connectivity index (χ3n) is 4.30. The first-order valence-corrected chi connectivity index (χ1v) is 7.26. The summed E-state index contributed by atoms with van der Waals surface area (Å²) in [7, 11) is 0. The molecule has 0 saturated carbocycles. The fourth-order valence-corrected chi connectivity index (χ4v) is 2.47. The molecular formula is C20H22O. The number of carbonyl (C=O) groups is 1. The Morgan fingerprint density at radius 3 is 1.90 bits per heavy atom. The Labute approximate surface area is 127 Å². The van der Waals surface area contributed by atoms with Crippen LogP contribution in [0.15, 0.2) is 60.2 Å². The van der Waals surface area contributed by atoms with Gasteiger partial charge in [-0.05, 0) is 41.7 Å². The third-order valence-corrected chi connectivity index (χ3v) is 4.30. The van der Waals surface area contributed by atoms with Crippen molar-refractivity contribution in [2.75, 3.05) is 0 Å². The molecule has 1 nitrogen and oxygen atoms in total. The van der Waals surface area contributed by atoms with Crippen LogP contribution in [0.4, 0.5) is 0 Å². The molecule has 0 fully saturated rings. The molecule has 0 aliphatic carbocycles. The number of hydrogen-bond donors (Lipinski definition) is 0. The molecule has 21 heavy (non-hydrogen) atoms. The van der Waals surface area contributed by atoms with E-state index in [-0.39, 0.29) is 5.41 Å². The summed E-state index contributed by atoms with van der Waals surface area (Å²) in [6.45, 7) is 8.30. The fraction of sp³-hybridized carbons (Fsp3) is 0.250. The second-order valence-electron chi connectivity index (χ2n) is 5.99. The van der Waals surface area contributed by atoms with Crippen molar-refractivity contribution in [2.45, 2.75) is 33.1 Å². The van der Waals surface area contributed by atoms with Crippen LogP contribution in [-0.2, 0) is 10.2 Å². The normalized spacial score (nSPS) is 12.8. The highest BCUT2D eigenvalue weighted by Gasteiger charge is 2.22. The Balaban J connectivity index is 2.37. The Morgan fingerprint density at radius 2 is 1.38 bits per heavy atom. The zero-order valence-corrected chi connectivity index (χ0v) is 13.2. The summed E-state index contributed by atoms with van der Waals surface area (Å²) in [4.78, 5) is 10.9. The minimum atomic E-state index is -0.0306. The summed E-state index contributed by atoms with van der Waals surface area (Å²) in [6, 6.07) is 19.0. The average molecular weight is 278 g/mol. The summed E-state index contributed by atoms with van der Waals surface area (Å²) in [5.41, 5.74) is 5.46. The van der Waals surface area contributed by atoms with Crippen molar-refractivity contribution in [1.29, 1.82) is 0 Å². The predicted octanol–water partition coefficient (Wildman–Crippen LogP) is 5.00. The molecule has 0 atom stereocenters. The lowest BCUT2D eigenvalue weighted by atomic mass is 9.78. The van der Waals surface area contributed by atoms with Gasteiger partial charge in [0.05, 0.1) is 0 Å². The summed E-state index contributed by atoms with van der Waals surface area (Å²) < 4.78 is 0. The highest BCUT2D eigenvalue weighted by Crippen LogP contribution is 2.32. The lowest BCUT2D eigenvalue weighted by Gasteiger charge is -2.26. The monoisotopic (exact) mass is 278 g/mol. The predicted molar refractivity (Wildman–Crippen MR) is 89.3 cm³/mol. The Hall–Kier alpha value is -2.15. The van der Waals surface area contributed by atoms with Crippen LogP contribution < -0.4 is 0 Å². The van der Waals surface area contributed by atoms with Crippen molar-refractivity contribution >= 4 is 11.9 Å². The fourth-order valence-electron chi connectivity index (χ4n) is 2.47. The van der Waals surface area contributed by atoms with E-state index in [9.17, 15) is 4.79 Å². The largest absolute Gasteiger partial charge is 0.298 e. The lowest BCUT2D eigenvalue weighted by Crippen LogP contribution is -2.18. The molecule has 1 heteroatoms. The number of rotatable bonds is 4. The van der Waals surface area contributed by atoms with Gasteiger partial charge in [-0.15, -0.1) is 0 Å². The number of allylic oxidation sites excluding steroid dienone is 2. The average Bonchev–Trinajstić information content (AvgIpc) is 2.54. The molecule has 0 aliphatic heterocycles. The summed E-state index contributed by atoms with van der Waals surface area (Å²) in [5, 5.41) is 0. The van der Waals surface area contributed by atoms with Crippen LogP contribution in [0.1, 0.15) is 44.4 Å². The van der Waals surface area contributed by atoms with E-state index in [4.69, 9.17) is 0 Å². The minimum Gasteiger partial charge on any atom is -0.298 e. The Bertz CT molecular complexity index is 646. The molecule has 0 radical (unpaired) electrons. The van der Waals surface area contributed by atoms with E-state index in [2.05, 4.69) is 62.4 Å². The van der Waals surface area contributed by atoms with Crippen molar-refractivity contribution in [3.63, 3.8) is 0 Å². The minimum absolute atomic E-state index is 0.0306. The maximum atomic E-state index is 10.9. The van der Waals surface area contributed by atoms with E-state index in [1.165, 1.54) is 11.1 Å². The van der Waals surface area contributed by atoms with E-state index in [1.54, 1.807) is 0 Å². The number of aldehydes is 1. The molecule has 0 bridgehead atoms. The standard InChI is InChI=1S/C20H22O/c1-15(14-21)16(2)17-10-12-19(13-11-17)20(3,4)18-8-6-5-7-9-18/h5-14H,1-4H3. The van der Waals surface area contributed by atoms with Crippen LogP contribution in [0.5, 0.6) is 0 Å². The molecule has 0 N–H and O–H groups in total. The molecule has 0 amide bonds. The summed E-state index contributed by atoms with van der Waals surface area (Å²) >= 11 is 0. The van der Waals surface area contributed by atoms with Crippen molar-refractivity contribution in [3.8, 4) is 0 Å². The zero-order valence-electron chi connectivity index (χ0n) is 13.2. The van der Waals surface area contributed by atoms with Gasteiger partial charge in [0, 0.05) is 5.41 Å². The third kappa shape index (κ3) is 3.13. The first kappa shape index (κ1) is 15.2. The van der Waals surface area contributed by atoms with E-state index < -0.39 is 0 Å². The van der Waals surface area contributed by atoms with Crippen LogP contribution >= 0.6 is 0 Å². The van der Waals surface area contributed by atoms with Crippen LogP contribution in [0, 0.1) is 0 Å². The highest BCUT2D eigenvalue weighted by atomic mass is 16.1. The van der Waals surface area contributed by atoms with Crippen molar-refractivity contribution in [1.82, 2.24) is 0 Å². The molecule has 0 aliphatic rings. The van der Waals surface area contributed by atoms with Crippen molar-refractivity contribution < 1.29 is 4.79 Å². The van der Waals surface area contributed by atoms with Crippen molar-refractivity contribution in [2.24, 2.45) is 0 Å². The summed E-state index contributed by atoms with van der Waals surface area (Å²) in [5.74, 6) is 0. The van der Waals surface area contributed by atoms with Gasteiger partial charge in [0.15, 0.2) is 0 Å². The molecule has 0 heterocycles. The second kappa shape index (κ2) is 6.09. The van der Waals surface area contributed by atoms with Gasteiger partial charge in [0.2, 0.25) is 0 Å². The number of hydrogen-bond acceptors (Lipinski definition) is 1. The molecule has 0 saturated heterocycles. The SMILES string of the molecule is CC(C=O)=C(C)c1ccc(C(C)(C)c2ccccc2)cc1. The number of benzene rings is 2. The van der Waals surface area contributed by atoms with Gasteiger partial charge in [-0.3, -0.25) is 4.79 Å². The smallest absolute Gasteiger partial charge is 0.146 e. The summed E-state index contributed by atoms with van der Waals surface area (Å²) in [6.07, 6.45) is 0.914. The molecule has 0 spiro atoms. The lowest BCUT2D eigenvalue weighted by molar-refractivity contribution is -0.104. The first-order chi connectivity index (χ1) is 9.96. The quantitative estimate of drug-likeness (QED) is 0.568. The van der Waals surface area contributed by atoms with Gasteiger partial charge >= 0.3 is 0 Å². The molecule has 2 aromatic rings. The maximum Gasteiger partial charge on any atom is 0.146 e. The van der Waals surface area contributed by atoms with Gasteiger partial charge in [-0.2, -0.15) is 0 Å². The van der Waals surface area contributed by atoms with Crippen LogP contribution in [0.25, 0.3) is 5.57 Å². The molecule has 0 unspecified atom stereocenters. The van der Waals surface area contributed by atoms with Gasteiger partial charge in [0.25, 0.3) is 0 Å². The van der Waals surface area contributed by atoms with E-state index in [0.717, 1.165) is 23.0 Å². The molecule has 2 aromatic carbocycles. The second-order valence-corrected chi connectivity index (χ2v) is 5.99. The highest BCUT2D eigenvalue weighted by molar-refractivity contribution is 5.86. The molecule has 0 aromatic heterocycles. The topological polar surface area (TPSA) is 17.1 Å². The van der Waals surface area contributed by atoms with E-state index >= 15 is 0 Å². The van der Waals surface area contributed by atoms with Crippen LogP contribution in [0.2, 0.25) is 0 Å². The van der Waals surface area contributed by atoms with Gasteiger partial charge in [-0.25, -0.2) is 0 Å². The van der Waals surface area contributed by atoms with Crippen molar-refractivity contribution in [3.05, 3.63) is 76.9 Å². The van der Waals surface area contributed by atoms with Crippen LogP contribution in [0.3, 0.4) is 0 Å². The zero-order chi connectivity index (χ0) is 15.5. The molecule has 2 rings (SSSR count).